The minimum atomic E-state index is -1.43. The third-order valence-electron chi connectivity index (χ3n) is 2.82. The smallest absolute Gasteiger partial charge is 0.548 e. The molecule has 1 aromatic rings. The van der Waals surface area contributed by atoms with Crippen molar-refractivity contribution >= 4 is 29.0 Å². The largest absolute Gasteiger partial charge is 1.00 e. The molecule has 2 N–H and O–H groups in total. The van der Waals surface area contributed by atoms with E-state index in [1.807, 2.05) is 0 Å². The first-order valence-corrected chi connectivity index (χ1v) is 6.47. The van der Waals surface area contributed by atoms with Crippen LogP contribution in [0.25, 0.3) is 5.70 Å². The molecule has 22 heavy (non-hydrogen) atoms. The average molecular weight is 327 g/mol. The number of halogens is 1. The van der Waals surface area contributed by atoms with E-state index in [1.54, 1.807) is 36.4 Å². The first-order chi connectivity index (χ1) is 9.99. The average Bonchev–Trinajstić information content (AvgIpc) is 2.43. The van der Waals surface area contributed by atoms with Gasteiger partial charge in [0.15, 0.2) is 0 Å². The second kappa shape index (κ2) is 8.31. The fourth-order valence-electron chi connectivity index (χ4n) is 1.95. The van der Waals surface area contributed by atoms with Crippen molar-refractivity contribution < 1.29 is 44.7 Å². The molecular formula is C15H12ClN2NaO3. The molecule has 2 rings (SSSR count). The second-order valence-corrected chi connectivity index (χ2v) is 4.77. The molecule has 0 radical (unpaired) electrons. The van der Waals surface area contributed by atoms with E-state index >= 15 is 0 Å². The number of nitrogens with zero attached hydrogens (tertiary/aromatic N) is 1. The molecule has 5 nitrogen and oxygen atoms in total. The van der Waals surface area contributed by atoms with Gasteiger partial charge in [-0.2, -0.15) is 0 Å². The number of nitrogens with one attached hydrogen (secondary N) is 1. The van der Waals surface area contributed by atoms with Gasteiger partial charge in [-0.1, -0.05) is 41.9 Å². The van der Waals surface area contributed by atoms with Crippen LogP contribution in [0.5, 0.6) is 0 Å². The number of aliphatic carboxylic acids is 1. The van der Waals surface area contributed by atoms with Gasteiger partial charge in [-0.15, -0.1) is 0 Å². The van der Waals surface area contributed by atoms with E-state index < -0.39 is 12.5 Å². The molecule has 1 aliphatic rings. The van der Waals surface area contributed by atoms with Gasteiger partial charge in [0.25, 0.3) is 0 Å². The molecule has 0 aromatic heterocycles. The number of carboxylic acids is 1. The third-order valence-corrected chi connectivity index (χ3v) is 3.06. The zero-order valence-corrected chi connectivity index (χ0v) is 14.7. The Labute approximate surface area is 155 Å². The van der Waals surface area contributed by atoms with Gasteiger partial charge in [0, 0.05) is 16.2 Å². The van der Waals surface area contributed by atoms with E-state index in [1.165, 1.54) is 12.2 Å². The van der Waals surface area contributed by atoms with Gasteiger partial charge in [-0.05, 0) is 18.2 Å². The molecule has 1 aromatic carbocycles. The van der Waals surface area contributed by atoms with Crippen LogP contribution in [0.3, 0.4) is 0 Å². The number of carboxylic acid groups (broad SMARTS) is 1. The van der Waals surface area contributed by atoms with E-state index in [4.69, 9.17) is 17.0 Å². The Hall–Kier alpha value is -1.37. The minimum absolute atomic E-state index is 0. The molecule has 0 saturated carbocycles. The van der Waals surface area contributed by atoms with E-state index in [0.29, 0.717) is 21.2 Å². The normalized spacial score (nSPS) is 15.7. The van der Waals surface area contributed by atoms with Gasteiger partial charge in [-0.3, -0.25) is 10.3 Å². The molecule has 0 amide bonds. The Morgan fingerprint density at radius 3 is 2.50 bits per heavy atom. The van der Waals surface area contributed by atoms with Crippen LogP contribution >= 0.6 is 11.6 Å². The quantitative estimate of drug-likeness (QED) is 0.524. The third kappa shape index (κ3) is 4.56. The van der Waals surface area contributed by atoms with E-state index in [-0.39, 0.29) is 41.0 Å². The molecular weight excluding hydrogens is 315 g/mol. The van der Waals surface area contributed by atoms with Crippen LogP contribution in [0.2, 0.25) is 0 Å². The van der Waals surface area contributed by atoms with Gasteiger partial charge in [0.2, 0.25) is 0 Å². The summed E-state index contributed by atoms with van der Waals surface area (Å²) in [6, 6.07) is 8.69. The summed E-state index contributed by atoms with van der Waals surface area (Å²) in [5, 5.41) is 29.7. The molecule has 7 heteroatoms. The van der Waals surface area contributed by atoms with Crippen LogP contribution < -0.4 is 34.7 Å². The van der Waals surface area contributed by atoms with Gasteiger partial charge in [0.05, 0.1) is 23.9 Å². The number of benzene rings is 1. The predicted molar refractivity (Wildman–Crippen MR) is 77.7 cm³/mol. The van der Waals surface area contributed by atoms with Crippen LogP contribution in [0.1, 0.15) is 5.56 Å². The van der Waals surface area contributed by atoms with Crippen LogP contribution in [-0.2, 0) is 4.79 Å². The molecule has 0 bridgehead atoms. The molecule has 0 spiro atoms. The fourth-order valence-corrected chi connectivity index (χ4v) is 2.13. The Bertz CT molecular complexity index is 669. The Morgan fingerprint density at radius 2 is 1.91 bits per heavy atom. The summed E-state index contributed by atoms with van der Waals surface area (Å²) in [6.07, 6.45) is 4.54. The van der Waals surface area contributed by atoms with Crippen molar-refractivity contribution in [1.82, 2.24) is 5.06 Å². The fraction of sp³-hybridized carbons (Fsp3) is 0.0667. The molecule has 0 saturated heterocycles. The zero-order chi connectivity index (χ0) is 15.4. The molecule has 0 unspecified atom stereocenters. The van der Waals surface area contributed by atoms with Gasteiger partial charge in [0.1, 0.15) is 0 Å². The minimum Gasteiger partial charge on any atom is -0.548 e. The molecule has 0 aliphatic heterocycles. The van der Waals surface area contributed by atoms with E-state index in [2.05, 4.69) is 0 Å². The summed E-state index contributed by atoms with van der Waals surface area (Å²) in [5.74, 6) is -1.43. The predicted octanol–water partition coefficient (Wildman–Crippen LogP) is -1.44. The maximum Gasteiger partial charge on any atom is 1.00 e. The molecule has 0 atom stereocenters. The Kier molecular flexibility index (Phi) is 7.06. The molecule has 0 fully saturated rings. The summed E-state index contributed by atoms with van der Waals surface area (Å²) >= 11 is 5.93. The number of hydrogen-bond acceptors (Lipinski definition) is 5. The van der Waals surface area contributed by atoms with Crippen LogP contribution in [-0.4, -0.2) is 28.5 Å². The summed E-state index contributed by atoms with van der Waals surface area (Å²) in [5.41, 5.74) is 1.21. The van der Waals surface area contributed by atoms with Gasteiger partial charge < -0.3 is 15.3 Å². The number of hydroxylamine groups is 2. The summed E-state index contributed by atoms with van der Waals surface area (Å²) in [7, 11) is 0. The van der Waals surface area contributed by atoms with Crippen molar-refractivity contribution in [3.63, 3.8) is 0 Å². The van der Waals surface area contributed by atoms with Crippen molar-refractivity contribution in [1.29, 1.82) is 5.41 Å². The van der Waals surface area contributed by atoms with Gasteiger partial charge in [-0.25, -0.2) is 0 Å². The topological polar surface area (TPSA) is 87.5 Å². The van der Waals surface area contributed by atoms with E-state index in [0.717, 1.165) is 0 Å². The SMILES string of the molecule is N=C1C=CC(Cl)=CC1=C(c1ccccc1)N(O)CC(=O)[O-].[Na+]. The standard InChI is InChI=1S/C15H13ClN2O3.Na/c16-11-6-7-13(17)12(8-11)15(18(21)9-14(19)20)10-4-2-1-3-5-10;/h1-8,17,21H,9H2,(H,19,20);/q;+1/p-1. The maximum atomic E-state index is 10.7. The van der Waals surface area contributed by atoms with Crippen molar-refractivity contribution in [2.45, 2.75) is 0 Å². The molecule has 0 heterocycles. The van der Waals surface area contributed by atoms with Gasteiger partial charge >= 0.3 is 29.6 Å². The second-order valence-electron chi connectivity index (χ2n) is 4.33. The van der Waals surface area contributed by atoms with Crippen LogP contribution in [0.15, 0.2) is 59.2 Å². The monoisotopic (exact) mass is 326 g/mol. The molecule has 108 valence electrons. The number of hydrogen-bond donors (Lipinski definition) is 2. The number of carbonyl (C=O) groups is 1. The Balaban J connectivity index is 0.00000242. The van der Waals surface area contributed by atoms with Crippen molar-refractivity contribution in [2.75, 3.05) is 6.54 Å². The van der Waals surface area contributed by atoms with Crippen molar-refractivity contribution in [3.05, 3.63) is 64.7 Å². The van der Waals surface area contributed by atoms with Crippen molar-refractivity contribution in [3.8, 4) is 0 Å². The summed E-state index contributed by atoms with van der Waals surface area (Å²) in [6.45, 7) is -0.712. The zero-order valence-electron chi connectivity index (χ0n) is 11.9. The first kappa shape index (κ1) is 18.7. The maximum absolute atomic E-state index is 10.7. The number of rotatable bonds is 4. The summed E-state index contributed by atoms with van der Waals surface area (Å²) < 4.78 is 0. The molecule has 1 aliphatic carbocycles. The van der Waals surface area contributed by atoms with Crippen LogP contribution in [0.4, 0.5) is 0 Å². The van der Waals surface area contributed by atoms with Crippen molar-refractivity contribution in [2.24, 2.45) is 0 Å². The number of allylic oxidation sites excluding steroid dienone is 5. The van der Waals surface area contributed by atoms with Crippen LogP contribution in [0, 0.1) is 5.41 Å². The first-order valence-electron chi connectivity index (χ1n) is 6.09. The summed E-state index contributed by atoms with van der Waals surface area (Å²) in [4.78, 5) is 10.7. The van der Waals surface area contributed by atoms with E-state index in [9.17, 15) is 15.1 Å². The Morgan fingerprint density at radius 1 is 1.27 bits per heavy atom. The number of carbonyl (C=O) groups excluding carboxylic acids is 1.